The summed E-state index contributed by atoms with van der Waals surface area (Å²) >= 11 is 0. The minimum Gasteiger partial charge on any atom is -0.310 e. The Kier molecular flexibility index (Phi) is 5.06. The van der Waals surface area contributed by atoms with Crippen LogP contribution in [0.2, 0.25) is 0 Å². The van der Waals surface area contributed by atoms with Gasteiger partial charge in [0.05, 0.1) is 0 Å². The average Bonchev–Trinajstić information content (AvgIpc) is 2.93. The molecule has 1 aliphatic rings. The summed E-state index contributed by atoms with van der Waals surface area (Å²) in [5.74, 6) is 0.102. The van der Waals surface area contributed by atoms with E-state index in [1.165, 1.54) is 0 Å². The van der Waals surface area contributed by atoms with Gasteiger partial charge in [0, 0.05) is 30.4 Å². The highest BCUT2D eigenvalue weighted by atomic mass is 32.2. The maximum Gasteiger partial charge on any atom is 0.299 e. The van der Waals surface area contributed by atoms with Crippen molar-refractivity contribution in [3.05, 3.63) is 60.2 Å². The Labute approximate surface area is 148 Å². The number of nitrogens with zero attached hydrogens (tertiary/aromatic N) is 1. The van der Waals surface area contributed by atoms with Gasteiger partial charge in [-0.15, -0.1) is 0 Å². The van der Waals surface area contributed by atoms with Crippen LogP contribution in [0.1, 0.15) is 25.3 Å². The van der Waals surface area contributed by atoms with E-state index in [0.29, 0.717) is 12.1 Å². The molecule has 132 valence electrons. The standard InChI is InChI=1S/C18H21N3O3S/c1-14-7-12-18(22)21(14)17-10-8-16(9-11-17)20-25(23,24)19-13-15-5-3-2-4-6-15/h2-6,8-11,14,19-20H,7,12-13H2,1H3/t14-/m0/s1. The number of anilines is 2. The molecule has 2 aromatic carbocycles. The topological polar surface area (TPSA) is 78.5 Å². The van der Waals surface area contributed by atoms with Crippen LogP contribution in [0.25, 0.3) is 0 Å². The van der Waals surface area contributed by atoms with Crippen LogP contribution < -0.4 is 14.3 Å². The van der Waals surface area contributed by atoms with Crippen molar-refractivity contribution in [1.82, 2.24) is 4.72 Å². The van der Waals surface area contributed by atoms with Crippen molar-refractivity contribution in [2.45, 2.75) is 32.4 Å². The molecule has 1 heterocycles. The number of carbonyl (C=O) groups excluding carboxylic acids is 1. The fourth-order valence-corrected chi connectivity index (χ4v) is 3.76. The summed E-state index contributed by atoms with van der Waals surface area (Å²) < 4.78 is 29.3. The molecule has 6 nitrogen and oxygen atoms in total. The van der Waals surface area contributed by atoms with Gasteiger partial charge in [-0.1, -0.05) is 30.3 Å². The summed E-state index contributed by atoms with van der Waals surface area (Å²) in [6.45, 7) is 2.23. The highest BCUT2D eigenvalue weighted by Gasteiger charge is 2.28. The van der Waals surface area contributed by atoms with E-state index in [9.17, 15) is 13.2 Å². The number of rotatable bonds is 6. The second-order valence-corrected chi connectivity index (χ2v) is 7.61. The summed E-state index contributed by atoms with van der Waals surface area (Å²) in [5, 5.41) is 0. The molecule has 0 bridgehead atoms. The molecule has 1 fully saturated rings. The van der Waals surface area contributed by atoms with Crippen molar-refractivity contribution in [2.24, 2.45) is 0 Å². The van der Waals surface area contributed by atoms with Crippen molar-refractivity contribution in [3.63, 3.8) is 0 Å². The van der Waals surface area contributed by atoms with Crippen LogP contribution in [0.5, 0.6) is 0 Å². The number of nitrogens with one attached hydrogen (secondary N) is 2. The molecule has 1 atom stereocenters. The molecule has 3 rings (SSSR count). The number of carbonyl (C=O) groups is 1. The molecule has 1 aliphatic heterocycles. The van der Waals surface area contributed by atoms with Gasteiger partial charge < -0.3 is 4.90 Å². The Balaban J connectivity index is 1.63. The van der Waals surface area contributed by atoms with Gasteiger partial charge in [-0.05, 0) is 43.2 Å². The van der Waals surface area contributed by atoms with E-state index in [-0.39, 0.29) is 18.5 Å². The molecule has 0 spiro atoms. The van der Waals surface area contributed by atoms with Crippen LogP contribution >= 0.6 is 0 Å². The zero-order chi connectivity index (χ0) is 17.9. The van der Waals surface area contributed by atoms with Crippen molar-refractivity contribution < 1.29 is 13.2 Å². The quantitative estimate of drug-likeness (QED) is 0.832. The van der Waals surface area contributed by atoms with Crippen LogP contribution in [0.3, 0.4) is 0 Å². The molecular formula is C18H21N3O3S. The molecule has 2 aromatic rings. The van der Waals surface area contributed by atoms with Gasteiger partial charge >= 0.3 is 0 Å². The number of amides is 1. The third-order valence-electron chi connectivity index (χ3n) is 4.19. The van der Waals surface area contributed by atoms with Crippen molar-refractivity contribution in [1.29, 1.82) is 0 Å². The second-order valence-electron chi connectivity index (χ2n) is 6.11. The number of hydrogen-bond acceptors (Lipinski definition) is 3. The Morgan fingerprint density at radius 2 is 1.76 bits per heavy atom. The van der Waals surface area contributed by atoms with Crippen LogP contribution in [0.4, 0.5) is 11.4 Å². The van der Waals surface area contributed by atoms with Crippen LogP contribution in [-0.2, 0) is 21.5 Å². The largest absolute Gasteiger partial charge is 0.310 e. The van der Waals surface area contributed by atoms with E-state index in [2.05, 4.69) is 9.44 Å². The summed E-state index contributed by atoms with van der Waals surface area (Å²) in [5.41, 5.74) is 2.11. The summed E-state index contributed by atoms with van der Waals surface area (Å²) in [7, 11) is -3.67. The lowest BCUT2D eigenvalue weighted by atomic mass is 10.2. The zero-order valence-corrected chi connectivity index (χ0v) is 14.8. The monoisotopic (exact) mass is 359 g/mol. The van der Waals surface area contributed by atoms with Crippen molar-refractivity contribution in [3.8, 4) is 0 Å². The first-order chi connectivity index (χ1) is 11.9. The Hall–Kier alpha value is -2.38. The molecule has 0 radical (unpaired) electrons. The molecule has 1 amide bonds. The maximum atomic E-state index is 12.1. The lowest BCUT2D eigenvalue weighted by molar-refractivity contribution is -0.117. The Bertz CT molecular complexity index is 836. The van der Waals surface area contributed by atoms with Crippen LogP contribution in [0, 0.1) is 0 Å². The summed E-state index contributed by atoms with van der Waals surface area (Å²) in [6, 6.07) is 16.3. The Morgan fingerprint density at radius 1 is 1.08 bits per heavy atom. The molecule has 0 saturated carbocycles. The second kappa shape index (κ2) is 7.25. The molecular weight excluding hydrogens is 338 g/mol. The third kappa shape index (κ3) is 4.37. The highest BCUT2D eigenvalue weighted by molar-refractivity contribution is 7.90. The molecule has 25 heavy (non-hydrogen) atoms. The highest BCUT2D eigenvalue weighted by Crippen LogP contribution is 2.27. The van der Waals surface area contributed by atoms with Crippen molar-refractivity contribution in [2.75, 3.05) is 9.62 Å². The lowest BCUT2D eigenvalue weighted by Gasteiger charge is -2.22. The van der Waals surface area contributed by atoms with Gasteiger partial charge in [0.1, 0.15) is 0 Å². The summed E-state index contributed by atoms with van der Waals surface area (Å²) in [4.78, 5) is 13.7. The van der Waals surface area contributed by atoms with E-state index >= 15 is 0 Å². The first-order valence-corrected chi connectivity index (χ1v) is 9.66. The molecule has 0 aliphatic carbocycles. The van der Waals surface area contributed by atoms with Gasteiger partial charge in [0.2, 0.25) is 5.91 Å². The van der Waals surface area contributed by atoms with Crippen molar-refractivity contribution >= 4 is 27.5 Å². The molecule has 1 saturated heterocycles. The summed E-state index contributed by atoms with van der Waals surface area (Å²) in [6.07, 6.45) is 1.40. The van der Waals surface area contributed by atoms with Gasteiger partial charge in [-0.25, -0.2) is 0 Å². The number of benzene rings is 2. The Morgan fingerprint density at radius 3 is 2.36 bits per heavy atom. The molecule has 2 N–H and O–H groups in total. The van der Waals surface area contributed by atoms with Gasteiger partial charge in [0.15, 0.2) is 0 Å². The van der Waals surface area contributed by atoms with E-state index in [1.807, 2.05) is 37.3 Å². The van der Waals surface area contributed by atoms with Gasteiger partial charge in [-0.2, -0.15) is 13.1 Å². The smallest absolute Gasteiger partial charge is 0.299 e. The predicted molar refractivity (Wildman–Crippen MR) is 98.4 cm³/mol. The molecule has 0 aromatic heterocycles. The number of hydrogen-bond donors (Lipinski definition) is 2. The normalized spacial score (nSPS) is 17.7. The van der Waals surface area contributed by atoms with E-state index in [4.69, 9.17) is 0 Å². The first kappa shape index (κ1) is 17.4. The van der Waals surface area contributed by atoms with Crippen LogP contribution in [-0.4, -0.2) is 20.4 Å². The minimum absolute atomic E-state index is 0.102. The first-order valence-electron chi connectivity index (χ1n) is 8.18. The van der Waals surface area contributed by atoms with E-state index < -0.39 is 10.2 Å². The fourth-order valence-electron chi connectivity index (χ4n) is 2.88. The van der Waals surface area contributed by atoms with Crippen LogP contribution in [0.15, 0.2) is 54.6 Å². The maximum absolute atomic E-state index is 12.1. The lowest BCUT2D eigenvalue weighted by Crippen LogP contribution is -2.31. The average molecular weight is 359 g/mol. The van der Waals surface area contributed by atoms with E-state index in [0.717, 1.165) is 17.7 Å². The predicted octanol–water partition coefficient (Wildman–Crippen LogP) is 2.65. The SMILES string of the molecule is C[C@H]1CCC(=O)N1c1ccc(NS(=O)(=O)NCc2ccccc2)cc1. The molecule has 0 unspecified atom stereocenters. The third-order valence-corrected chi connectivity index (χ3v) is 5.22. The zero-order valence-electron chi connectivity index (χ0n) is 14.0. The van der Waals surface area contributed by atoms with Gasteiger partial charge in [-0.3, -0.25) is 9.52 Å². The minimum atomic E-state index is -3.67. The van der Waals surface area contributed by atoms with Gasteiger partial charge in [0.25, 0.3) is 10.2 Å². The fraction of sp³-hybridized carbons (Fsp3) is 0.278. The molecule has 7 heteroatoms. The van der Waals surface area contributed by atoms with E-state index in [1.54, 1.807) is 29.2 Å².